The van der Waals surface area contributed by atoms with Crippen LogP contribution in [0, 0.1) is 5.82 Å². The maximum Gasteiger partial charge on any atom is 0.123 e. The lowest BCUT2D eigenvalue weighted by molar-refractivity contribution is -0.0450. The minimum absolute atomic E-state index is 0.144. The molecule has 0 spiro atoms. The molecule has 1 heterocycles. The second kappa shape index (κ2) is 8.22. The first-order valence-corrected chi connectivity index (χ1v) is 8.38. The Balaban J connectivity index is 2.03. The smallest absolute Gasteiger partial charge is 0.123 e. The Morgan fingerprint density at radius 1 is 1.52 bits per heavy atom. The summed E-state index contributed by atoms with van der Waals surface area (Å²) in [6.45, 7) is 6.02. The van der Waals surface area contributed by atoms with E-state index in [9.17, 15) is 4.39 Å². The number of likely N-dealkylation sites (N-methyl/N-ethyl adjacent to an activating group) is 1. The number of hydrogen-bond donors (Lipinski definition) is 1. The van der Waals surface area contributed by atoms with Crippen LogP contribution in [0.15, 0.2) is 22.7 Å². The van der Waals surface area contributed by atoms with Crippen LogP contribution < -0.4 is 5.32 Å². The molecule has 0 saturated carbocycles. The lowest BCUT2D eigenvalue weighted by Gasteiger charge is -2.37. The van der Waals surface area contributed by atoms with Crippen LogP contribution >= 0.6 is 15.9 Å². The zero-order chi connectivity index (χ0) is 15.2. The number of nitrogens with zero attached hydrogens (tertiary/aromatic N) is 1. The number of rotatable bonds is 6. The van der Waals surface area contributed by atoms with Crippen molar-refractivity contribution in [3.8, 4) is 0 Å². The molecule has 1 aliphatic heterocycles. The Kier molecular flexibility index (Phi) is 6.61. The summed E-state index contributed by atoms with van der Waals surface area (Å²) in [6.07, 6.45) is 2.05. The van der Waals surface area contributed by atoms with Gasteiger partial charge in [0.2, 0.25) is 0 Å². The van der Waals surface area contributed by atoms with Crippen molar-refractivity contribution in [2.75, 3.05) is 33.3 Å². The molecule has 1 N–H and O–H groups in total. The largest absolute Gasteiger partial charge is 0.374 e. The molecule has 1 aromatic carbocycles. The fourth-order valence-electron chi connectivity index (χ4n) is 2.85. The number of halogens is 2. The lowest BCUT2D eigenvalue weighted by Crippen LogP contribution is -2.52. The summed E-state index contributed by atoms with van der Waals surface area (Å²) in [5, 5.41) is 3.33. The summed E-state index contributed by atoms with van der Waals surface area (Å²) in [5.74, 6) is -0.194. The Bertz CT molecular complexity index is 456. The van der Waals surface area contributed by atoms with Gasteiger partial charge in [-0.1, -0.05) is 22.9 Å². The van der Waals surface area contributed by atoms with E-state index in [-0.39, 0.29) is 18.0 Å². The molecule has 1 fully saturated rings. The van der Waals surface area contributed by atoms with Crippen molar-refractivity contribution in [1.82, 2.24) is 10.2 Å². The third kappa shape index (κ3) is 4.74. The van der Waals surface area contributed by atoms with Gasteiger partial charge in [0.25, 0.3) is 0 Å². The Morgan fingerprint density at radius 2 is 2.33 bits per heavy atom. The van der Waals surface area contributed by atoms with E-state index < -0.39 is 0 Å². The molecule has 0 aromatic heterocycles. The molecule has 0 amide bonds. The van der Waals surface area contributed by atoms with Gasteiger partial charge in [0.1, 0.15) is 5.82 Å². The van der Waals surface area contributed by atoms with Gasteiger partial charge < -0.3 is 10.1 Å². The summed E-state index contributed by atoms with van der Waals surface area (Å²) in [4.78, 5) is 2.44. The molecule has 1 saturated heterocycles. The highest BCUT2D eigenvalue weighted by Crippen LogP contribution is 2.21. The van der Waals surface area contributed by atoms with Gasteiger partial charge in [0.05, 0.1) is 12.7 Å². The Morgan fingerprint density at radius 3 is 3.05 bits per heavy atom. The number of morpholine rings is 1. The van der Waals surface area contributed by atoms with E-state index in [1.54, 1.807) is 12.1 Å². The average Bonchev–Trinajstić information content (AvgIpc) is 2.49. The van der Waals surface area contributed by atoms with Gasteiger partial charge in [-0.25, -0.2) is 4.39 Å². The summed E-state index contributed by atoms with van der Waals surface area (Å²) >= 11 is 3.50. The first-order chi connectivity index (χ1) is 10.1. The third-order valence-electron chi connectivity index (χ3n) is 3.98. The van der Waals surface area contributed by atoms with Crippen molar-refractivity contribution in [2.24, 2.45) is 0 Å². The SMILES string of the molecule is CCCN1CCOC(C(Cc2cc(F)ccc2Br)NC)C1. The third-order valence-corrected chi connectivity index (χ3v) is 4.76. The van der Waals surface area contributed by atoms with E-state index in [2.05, 4.69) is 33.1 Å². The number of nitrogens with one attached hydrogen (secondary N) is 1. The average molecular weight is 359 g/mol. The van der Waals surface area contributed by atoms with Gasteiger partial charge in [-0.3, -0.25) is 4.90 Å². The van der Waals surface area contributed by atoms with Crippen molar-refractivity contribution in [3.05, 3.63) is 34.1 Å². The van der Waals surface area contributed by atoms with Gasteiger partial charge in [0, 0.05) is 23.6 Å². The molecule has 118 valence electrons. The molecule has 21 heavy (non-hydrogen) atoms. The number of benzene rings is 1. The van der Waals surface area contributed by atoms with E-state index in [0.717, 1.165) is 49.1 Å². The minimum atomic E-state index is -0.194. The zero-order valence-electron chi connectivity index (χ0n) is 12.7. The summed E-state index contributed by atoms with van der Waals surface area (Å²) < 4.78 is 20.3. The molecule has 1 aliphatic rings. The van der Waals surface area contributed by atoms with Crippen LogP contribution in [0.1, 0.15) is 18.9 Å². The molecule has 2 atom stereocenters. The van der Waals surface area contributed by atoms with Gasteiger partial charge in [0.15, 0.2) is 0 Å². The quantitative estimate of drug-likeness (QED) is 0.846. The maximum absolute atomic E-state index is 13.4. The Hall–Kier alpha value is -0.490. The van der Waals surface area contributed by atoms with Crippen LogP contribution in [0.2, 0.25) is 0 Å². The van der Waals surface area contributed by atoms with Crippen molar-refractivity contribution < 1.29 is 9.13 Å². The highest BCUT2D eigenvalue weighted by atomic mass is 79.9. The van der Waals surface area contributed by atoms with Crippen LogP contribution in [-0.2, 0) is 11.2 Å². The molecule has 0 radical (unpaired) electrons. The van der Waals surface area contributed by atoms with E-state index in [4.69, 9.17) is 4.74 Å². The van der Waals surface area contributed by atoms with E-state index in [1.807, 2.05) is 7.05 Å². The summed E-state index contributed by atoms with van der Waals surface area (Å²) in [5.41, 5.74) is 0.977. The van der Waals surface area contributed by atoms with Crippen LogP contribution in [0.5, 0.6) is 0 Å². The molecule has 2 unspecified atom stereocenters. The fourth-order valence-corrected chi connectivity index (χ4v) is 3.26. The van der Waals surface area contributed by atoms with Crippen molar-refractivity contribution in [3.63, 3.8) is 0 Å². The van der Waals surface area contributed by atoms with Crippen LogP contribution in [-0.4, -0.2) is 50.3 Å². The number of hydrogen-bond acceptors (Lipinski definition) is 3. The van der Waals surface area contributed by atoms with E-state index in [0.29, 0.717) is 0 Å². The zero-order valence-corrected chi connectivity index (χ0v) is 14.3. The fraction of sp³-hybridized carbons (Fsp3) is 0.625. The van der Waals surface area contributed by atoms with E-state index in [1.165, 1.54) is 6.07 Å². The molecule has 1 aromatic rings. The highest BCUT2D eigenvalue weighted by Gasteiger charge is 2.27. The minimum Gasteiger partial charge on any atom is -0.374 e. The van der Waals surface area contributed by atoms with Gasteiger partial charge >= 0.3 is 0 Å². The molecule has 5 heteroatoms. The maximum atomic E-state index is 13.4. The first kappa shape index (κ1) is 16.9. The van der Waals surface area contributed by atoms with E-state index >= 15 is 0 Å². The van der Waals surface area contributed by atoms with Crippen molar-refractivity contribution >= 4 is 15.9 Å². The predicted molar refractivity (Wildman–Crippen MR) is 87.1 cm³/mol. The molecule has 3 nitrogen and oxygen atoms in total. The van der Waals surface area contributed by atoms with Gasteiger partial charge in [-0.05, 0) is 50.2 Å². The van der Waals surface area contributed by atoms with Gasteiger partial charge in [-0.15, -0.1) is 0 Å². The normalized spacial score (nSPS) is 21.4. The number of ether oxygens (including phenoxy) is 1. The van der Waals surface area contributed by atoms with Crippen molar-refractivity contribution in [2.45, 2.75) is 31.9 Å². The Labute approximate surface area is 135 Å². The highest BCUT2D eigenvalue weighted by molar-refractivity contribution is 9.10. The monoisotopic (exact) mass is 358 g/mol. The molecular formula is C16H24BrFN2O. The van der Waals surface area contributed by atoms with Crippen LogP contribution in [0.3, 0.4) is 0 Å². The predicted octanol–water partition coefficient (Wildman–Crippen LogP) is 2.83. The second-order valence-corrected chi connectivity index (χ2v) is 6.40. The summed E-state index contributed by atoms with van der Waals surface area (Å²) in [7, 11) is 1.94. The molecular weight excluding hydrogens is 335 g/mol. The van der Waals surface area contributed by atoms with Crippen LogP contribution in [0.4, 0.5) is 4.39 Å². The van der Waals surface area contributed by atoms with Crippen LogP contribution in [0.25, 0.3) is 0 Å². The molecule has 0 bridgehead atoms. The molecule has 0 aliphatic carbocycles. The summed E-state index contributed by atoms with van der Waals surface area (Å²) in [6, 6.07) is 5.02. The second-order valence-electron chi connectivity index (χ2n) is 5.54. The lowest BCUT2D eigenvalue weighted by atomic mass is 10.00. The first-order valence-electron chi connectivity index (χ1n) is 7.59. The van der Waals surface area contributed by atoms with Gasteiger partial charge in [-0.2, -0.15) is 0 Å². The van der Waals surface area contributed by atoms with Crippen molar-refractivity contribution in [1.29, 1.82) is 0 Å². The standard InChI is InChI=1S/C16H24BrFN2O/c1-3-6-20-7-8-21-16(11-20)15(19-2)10-12-9-13(18)4-5-14(12)17/h4-5,9,15-16,19H,3,6-8,10-11H2,1-2H3. The molecule has 2 rings (SSSR count). The topological polar surface area (TPSA) is 24.5 Å².